The van der Waals surface area contributed by atoms with Crippen LogP contribution in [0, 0.1) is 0 Å². The average molecular weight is 279 g/mol. The van der Waals surface area contributed by atoms with E-state index in [2.05, 4.69) is 42.5 Å². The van der Waals surface area contributed by atoms with Crippen LogP contribution in [-0.2, 0) is 12.0 Å². The molecule has 2 aliphatic rings. The molecule has 21 heavy (non-hydrogen) atoms. The van der Waals surface area contributed by atoms with Crippen LogP contribution in [0.3, 0.4) is 0 Å². The summed E-state index contributed by atoms with van der Waals surface area (Å²) < 4.78 is 5.78. The van der Waals surface area contributed by atoms with E-state index >= 15 is 0 Å². The Balaban J connectivity index is 1.66. The lowest BCUT2D eigenvalue weighted by atomic mass is 9.78. The van der Waals surface area contributed by atoms with Gasteiger partial charge in [0, 0.05) is 5.54 Å². The van der Waals surface area contributed by atoms with Crippen LogP contribution >= 0.6 is 0 Å². The first-order valence-corrected chi connectivity index (χ1v) is 7.85. The number of nitrogens with two attached hydrogens (primary N) is 1. The van der Waals surface area contributed by atoms with Crippen molar-refractivity contribution in [1.82, 2.24) is 0 Å². The highest BCUT2D eigenvalue weighted by atomic mass is 16.5. The summed E-state index contributed by atoms with van der Waals surface area (Å²) in [5.74, 6) is 1.55. The number of benzene rings is 2. The number of aryl methyl sites for hydroxylation is 1. The fourth-order valence-electron chi connectivity index (χ4n) is 4.00. The van der Waals surface area contributed by atoms with E-state index in [-0.39, 0.29) is 5.54 Å². The van der Waals surface area contributed by atoms with Crippen molar-refractivity contribution in [2.45, 2.75) is 37.1 Å². The topological polar surface area (TPSA) is 35.2 Å². The highest BCUT2D eigenvalue weighted by Crippen LogP contribution is 2.45. The number of hydrogen-bond donors (Lipinski definition) is 1. The summed E-state index contributed by atoms with van der Waals surface area (Å²) in [6.45, 7) is 0.805. The third-order valence-electron chi connectivity index (χ3n) is 5.09. The minimum Gasteiger partial charge on any atom is -0.493 e. The molecule has 0 aromatic heterocycles. The van der Waals surface area contributed by atoms with Crippen LogP contribution in [0.4, 0.5) is 0 Å². The Morgan fingerprint density at radius 3 is 2.86 bits per heavy atom. The van der Waals surface area contributed by atoms with E-state index < -0.39 is 0 Å². The molecule has 0 amide bonds. The van der Waals surface area contributed by atoms with E-state index in [4.69, 9.17) is 10.5 Å². The summed E-state index contributed by atoms with van der Waals surface area (Å²) in [7, 11) is 0. The Morgan fingerprint density at radius 1 is 1.10 bits per heavy atom. The van der Waals surface area contributed by atoms with Crippen LogP contribution in [0.1, 0.15) is 41.9 Å². The van der Waals surface area contributed by atoms with E-state index in [0.717, 1.165) is 38.0 Å². The van der Waals surface area contributed by atoms with Gasteiger partial charge in [-0.3, -0.25) is 0 Å². The molecule has 1 heterocycles. The molecule has 0 bridgehead atoms. The van der Waals surface area contributed by atoms with Crippen LogP contribution in [0.25, 0.3) is 0 Å². The molecule has 0 radical (unpaired) electrons. The number of ether oxygens (including phenoxy) is 1. The van der Waals surface area contributed by atoms with E-state index in [1.807, 2.05) is 6.07 Å². The van der Waals surface area contributed by atoms with Gasteiger partial charge >= 0.3 is 0 Å². The first kappa shape index (κ1) is 12.9. The summed E-state index contributed by atoms with van der Waals surface area (Å²) in [5.41, 5.74) is 10.8. The Morgan fingerprint density at radius 2 is 1.90 bits per heavy atom. The lowest BCUT2D eigenvalue weighted by Crippen LogP contribution is -2.36. The summed E-state index contributed by atoms with van der Waals surface area (Å²) in [4.78, 5) is 0. The van der Waals surface area contributed by atoms with Gasteiger partial charge in [-0.2, -0.15) is 0 Å². The van der Waals surface area contributed by atoms with Gasteiger partial charge in [0.15, 0.2) is 0 Å². The highest BCUT2D eigenvalue weighted by Gasteiger charge is 2.38. The molecule has 2 aromatic carbocycles. The summed E-state index contributed by atoms with van der Waals surface area (Å²) >= 11 is 0. The SMILES string of the molecule is NC1(CC2CCOc3ccccc32)CCc2ccccc21. The van der Waals surface area contributed by atoms with Crippen molar-refractivity contribution in [3.05, 3.63) is 65.2 Å². The molecule has 0 spiro atoms. The minimum absolute atomic E-state index is 0.175. The molecule has 1 aliphatic heterocycles. The molecule has 108 valence electrons. The van der Waals surface area contributed by atoms with Crippen molar-refractivity contribution < 1.29 is 4.74 Å². The van der Waals surface area contributed by atoms with Gasteiger partial charge in [0.1, 0.15) is 5.75 Å². The van der Waals surface area contributed by atoms with Crippen LogP contribution < -0.4 is 10.5 Å². The van der Waals surface area contributed by atoms with Gasteiger partial charge in [0.2, 0.25) is 0 Å². The van der Waals surface area contributed by atoms with Crippen LogP contribution in [0.5, 0.6) is 5.75 Å². The Bertz CT molecular complexity index is 666. The van der Waals surface area contributed by atoms with Crippen LogP contribution in [-0.4, -0.2) is 6.61 Å². The second-order valence-corrected chi connectivity index (χ2v) is 6.39. The van der Waals surface area contributed by atoms with Gasteiger partial charge in [0.25, 0.3) is 0 Å². The zero-order chi connectivity index (χ0) is 14.3. The van der Waals surface area contributed by atoms with Gasteiger partial charge in [-0.1, -0.05) is 42.5 Å². The maximum atomic E-state index is 6.82. The average Bonchev–Trinajstić information content (AvgIpc) is 2.86. The summed E-state index contributed by atoms with van der Waals surface area (Å²) in [6, 6.07) is 17.1. The van der Waals surface area contributed by atoms with Crippen molar-refractivity contribution in [3.8, 4) is 5.75 Å². The molecular formula is C19H21NO. The number of rotatable bonds is 2. The second kappa shape index (κ2) is 4.88. The lowest BCUT2D eigenvalue weighted by Gasteiger charge is -2.33. The van der Waals surface area contributed by atoms with Gasteiger partial charge in [0.05, 0.1) is 6.61 Å². The third-order valence-corrected chi connectivity index (χ3v) is 5.09. The molecule has 2 heteroatoms. The molecule has 0 saturated carbocycles. The maximum absolute atomic E-state index is 6.82. The second-order valence-electron chi connectivity index (χ2n) is 6.39. The quantitative estimate of drug-likeness (QED) is 0.908. The first-order chi connectivity index (χ1) is 10.3. The van der Waals surface area contributed by atoms with Crippen LogP contribution in [0.2, 0.25) is 0 Å². The maximum Gasteiger partial charge on any atom is 0.122 e. The zero-order valence-electron chi connectivity index (χ0n) is 12.2. The van der Waals surface area contributed by atoms with Crippen molar-refractivity contribution >= 4 is 0 Å². The third kappa shape index (κ3) is 2.14. The molecule has 0 fully saturated rings. The fraction of sp³-hybridized carbons (Fsp3) is 0.368. The number of para-hydroxylation sites is 1. The van der Waals surface area contributed by atoms with E-state index in [9.17, 15) is 0 Å². The predicted molar refractivity (Wildman–Crippen MR) is 84.5 cm³/mol. The summed E-state index contributed by atoms with van der Waals surface area (Å²) in [6.07, 6.45) is 4.26. The Hall–Kier alpha value is -1.80. The molecule has 2 aromatic rings. The molecule has 4 rings (SSSR count). The number of fused-ring (bicyclic) bond motifs is 2. The van der Waals surface area contributed by atoms with Gasteiger partial charge in [-0.05, 0) is 54.4 Å². The molecule has 2 nitrogen and oxygen atoms in total. The minimum atomic E-state index is -0.175. The highest BCUT2D eigenvalue weighted by molar-refractivity contribution is 5.41. The molecular weight excluding hydrogens is 258 g/mol. The van der Waals surface area contributed by atoms with Gasteiger partial charge < -0.3 is 10.5 Å². The van der Waals surface area contributed by atoms with Crippen molar-refractivity contribution in [3.63, 3.8) is 0 Å². The van der Waals surface area contributed by atoms with Gasteiger partial charge in [-0.25, -0.2) is 0 Å². The smallest absolute Gasteiger partial charge is 0.122 e. The Kier molecular flexibility index (Phi) is 3.00. The summed E-state index contributed by atoms with van der Waals surface area (Å²) in [5, 5.41) is 0. The van der Waals surface area contributed by atoms with Crippen LogP contribution in [0.15, 0.2) is 48.5 Å². The molecule has 1 aliphatic carbocycles. The number of hydrogen-bond acceptors (Lipinski definition) is 2. The van der Waals surface area contributed by atoms with Crippen molar-refractivity contribution in [2.24, 2.45) is 5.73 Å². The molecule has 2 atom stereocenters. The Labute approximate surface area is 125 Å². The largest absolute Gasteiger partial charge is 0.493 e. The fourth-order valence-corrected chi connectivity index (χ4v) is 4.00. The first-order valence-electron chi connectivity index (χ1n) is 7.85. The standard InChI is InChI=1S/C19H21NO/c20-19(11-9-14-5-1-3-7-17(14)19)13-15-10-12-21-18-8-4-2-6-16(15)18/h1-8,15H,9-13,20H2. The van der Waals surface area contributed by atoms with E-state index in [0.29, 0.717) is 5.92 Å². The zero-order valence-corrected chi connectivity index (χ0v) is 12.2. The van der Waals surface area contributed by atoms with Gasteiger partial charge in [-0.15, -0.1) is 0 Å². The normalized spacial score (nSPS) is 26.8. The monoisotopic (exact) mass is 279 g/mol. The van der Waals surface area contributed by atoms with E-state index in [1.54, 1.807) is 0 Å². The molecule has 2 N–H and O–H groups in total. The predicted octanol–water partition coefficient (Wildman–Crippen LogP) is 3.74. The molecule has 2 unspecified atom stereocenters. The molecule has 0 saturated heterocycles. The van der Waals surface area contributed by atoms with Crippen molar-refractivity contribution in [1.29, 1.82) is 0 Å². The van der Waals surface area contributed by atoms with Crippen molar-refractivity contribution in [2.75, 3.05) is 6.61 Å². The van der Waals surface area contributed by atoms with E-state index in [1.165, 1.54) is 16.7 Å². The lowest BCUT2D eigenvalue weighted by molar-refractivity contribution is 0.242.